The van der Waals surface area contributed by atoms with Crippen LogP contribution in [-0.2, 0) is 0 Å². The lowest BCUT2D eigenvalue weighted by molar-refractivity contribution is 1.09. The zero-order chi connectivity index (χ0) is 25.5. The van der Waals surface area contributed by atoms with E-state index in [1.807, 2.05) is 11.8 Å². The molecule has 39 heavy (non-hydrogen) atoms. The second kappa shape index (κ2) is 7.89. The van der Waals surface area contributed by atoms with Crippen LogP contribution in [0.1, 0.15) is 0 Å². The van der Waals surface area contributed by atoms with Gasteiger partial charge in [0.05, 0.1) is 27.8 Å². The fraction of sp³-hybridized carbons (Fsp3) is 0. The van der Waals surface area contributed by atoms with Gasteiger partial charge >= 0.3 is 0 Å². The molecule has 0 amide bonds. The monoisotopic (exact) mass is 514 g/mol. The second-order valence-electron chi connectivity index (χ2n) is 10.2. The summed E-state index contributed by atoms with van der Waals surface area (Å²) in [4.78, 5) is 2.62. The average Bonchev–Trinajstić information content (AvgIpc) is 3.52. The fourth-order valence-electron chi connectivity index (χ4n) is 6.44. The molecule has 0 bridgehead atoms. The zero-order valence-electron chi connectivity index (χ0n) is 21.0. The second-order valence-corrected chi connectivity index (χ2v) is 11.2. The Hall–Kier alpha value is -4.73. The van der Waals surface area contributed by atoms with Crippen molar-refractivity contribution in [2.24, 2.45) is 0 Å². The Morgan fingerprint density at radius 1 is 0.436 bits per heavy atom. The van der Waals surface area contributed by atoms with E-state index in [4.69, 9.17) is 0 Å². The molecular formula is C36H22N2S. The highest BCUT2D eigenvalue weighted by Crippen LogP contribution is 2.50. The Morgan fingerprint density at radius 3 is 1.69 bits per heavy atom. The van der Waals surface area contributed by atoms with Gasteiger partial charge in [-0.3, -0.25) is 0 Å². The van der Waals surface area contributed by atoms with Crippen LogP contribution in [0.2, 0.25) is 0 Å². The number of aromatic nitrogens is 2. The van der Waals surface area contributed by atoms with Gasteiger partial charge in [0.15, 0.2) is 0 Å². The Balaban J connectivity index is 1.26. The molecule has 2 nitrogen and oxygen atoms in total. The summed E-state index contributed by atoms with van der Waals surface area (Å²) in [6, 6.07) is 48.6. The third-order valence-corrected chi connectivity index (χ3v) is 9.31. The number of fused-ring (bicyclic) bond motifs is 8. The van der Waals surface area contributed by atoms with Crippen molar-refractivity contribution in [3.8, 4) is 22.5 Å². The summed E-state index contributed by atoms with van der Waals surface area (Å²) < 4.78 is 4.84. The summed E-state index contributed by atoms with van der Waals surface area (Å²) in [6.07, 6.45) is 0. The maximum Gasteiger partial charge on any atom is 0.0687 e. The molecule has 3 heteroatoms. The first-order valence-electron chi connectivity index (χ1n) is 13.3. The minimum atomic E-state index is 1.18. The lowest BCUT2D eigenvalue weighted by Gasteiger charge is -2.22. The van der Waals surface area contributed by atoms with Crippen LogP contribution in [0.3, 0.4) is 0 Å². The largest absolute Gasteiger partial charge is 0.309 e. The predicted molar refractivity (Wildman–Crippen MR) is 165 cm³/mol. The van der Waals surface area contributed by atoms with Crippen LogP contribution in [-0.4, -0.2) is 9.13 Å². The van der Waals surface area contributed by atoms with Crippen molar-refractivity contribution in [2.75, 3.05) is 0 Å². The van der Waals surface area contributed by atoms with E-state index in [0.29, 0.717) is 0 Å². The molecule has 0 radical (unpaired) electrons. The molecule has 0 atom stereocenters. The molecule has 0 unspecified atom stereocenters. The van der Waals surface area contributed by atoms with Crippen molar-refractivity contribution >= 4 is 55.4 Å². The van der Waals surface area contributed by atoms with E-state index >= 15 is 0 Å². The highest BCUT2D eigenvalue weighted by atomic mass is 32.2. The molecule has 8 aromatic rings. The molecule has 182 valence electrons. The summed E-state index contributed by atoms with van der Waals surface area (Å²) in [7, 11) is 0. The van der Waals surface area contributed by atoms with E-state index in [1.54, 1.807) is 0 Å². The molecular weight excluding hydrogens is 492 g/mol. The van der Waals surface area contributed by atoms with Gasteiger partial charge < -0.3 is 9.13 Å². The van der Waals surface area contributed by atoms with Crippen LogP contribution in [0.25, 0.3) is 66.1 Å². The summed E-state index contributed by atoms with van der Waals surface area (Å²) in [5.41, 5.74) is 10.0. The van der Waals surface area contributed by atoms with Gasteiger partial charge in [-0.25, -0.2) is 0 Å². The molecule has 1 aliphatic rings. The molecule has 0 fully saturated rings. The van der Waals surface area contributed by atoms with Crippen LogP contribution in [0, 0.1) is 0 Å². The average molecular weight is 515 g/mol. The zero-order valence-corrected chi connectivity index (χ0v) is 21.8. The van der Waals surface area contributed by atoms with Crippen LogP contribution in [0.15, 0.2) is 143 Å². The molecule has 3 heterocycles. The summed E-state index contributed by atoms with van der Waals surface area (Å²) in [5.74, 6) is 0. The van der Waals surface area contributed by atoms with E-state index in [2.05, 4.69) is 143 Å². The Kier molecular flexibility index (Phi) is 4.29. The molecule has 6 aromatic carbocycles. The Morgan fingerprint density at radius 2 is 1.00 bits per heavy atom. The van der Waals surface area contributed by atoms with Crippen molar-refractivity contribution < 1.29 is 0 Å². The third-order valence-electron chi connectivity index (χ3n) is 8.12. The first-order chi connectivity index (χ1) is 19.4. The van der Waals surface area contributed by atoms with Crippen molar-refractivity contribution in [1.29, 1.82) is 0 Å². The number of hydrogen-bond donors (Lipinski definition) is 0. The van der Waals surface area contributed by atoms with Gasteiger partial charge in [0.25, 0.3) is 0 Å². The Bertz CT molecular complexity index is 2200. The molecule has 0 saturated heterocycles. The van der Waals surface area contributed by atoms with Crippen molar-refractivity contribution in [1.82, 2.24) is 9.13 Å². The minimum absolute atomic E-state index is 1.18. The molecule has 0 aliphatic carbocycles. The number of rotatable bonds is 2. The molecule has 9 rings (SSSR count). The molecule has 0 spiro atoms. The normalized spacial score (nSPS) is 12.5. The fourth-order valence-corrected chi connectivity index (χ4v) is 7.66. The quantitative estimate of drug-likeness (QED) is 0.223. The van der Waals surface area contributed by atoms with Gasteiger partial charge in [-0.05, 0) is 53.6 Å². The lowest BCUT2D eigenvalue weighted by atomic mass is 10.0. The summed E-state index contributed by atoms with van der Waals surface area (Å²) in [6.45, 7) is 0. The third kappa shape index (κ3) is 2.88. The number of hydrogen-bond acceptors (Lipinski definition) is 1. The van der Waals surface area contributed by atoms with Crippen LogP contribution in [0.4, 0.5) is 0 Å². The first kappa shape index (κ1) is 21.2. The van der Waals surface area contributed by atoms with Crippen LogP contribution in [0.5, 0.6) is 0 Å². The summed E-state index contributed by atoms with van der Waals surface area (Å²) >= 11 is 1.89. The smallest absolute Gasteiger partial charge is 0.0687 e. The highest BCUT2D eigenvalue weighted by molar-refractivity contribution is 8.00. The van der Waals surface area contributed by atoms with E-state index in [9.17, 15) is 0 Å². The molecule has 0 saturated carbocycles. The van der Waals surface area contributed by atoms with E-state index in [1.165, 1.54) is 75.9 Å². The van der Waals surface area contributed by atoms with Crippen molar-refractivity contribution in [3.63, 3.8) is 0 Å². The SMILES string of the molecule is c1ccc2c(c1)Sc1c(-c3ccc(-n4c5ccccc5c5ccccc54)cc3)ccc3c4ccccc4n-2c13. The maximum absolute atomic E-state index is 2.46. The van der Waals surface area contributed by atoms with Crippen molar-refractivity contribution in [3.05, 3.63) is 133 Å². The van der Waals surface area contributed by atoms with Gasteiger partial charge in [0.1, 0.15) is 0 Å². The summed E-state index contributed by atoms with van der Waals surface area (Å²) in [5, 5.41) is 5.19. The lowest BCUT2D eigenvalue weighted by Crippen LogP contribution is -2.02. The molecule has 2 aromatic heterocycles. The first-order valence-corrected chi connectivity index (χ1v) is 14.1. The van der Waals surface area contributed by atoms with Crippen molar-refractivity contribution in [2.45, 2.75) is 9.79 Å². The van der Waals surface area contributed by atoms with Gasteiger partial charge in [-0.2, -0.15) is 0 Å². The van der Waals surface area contributed by atoms with E-state index < -0.39 is 0 Å². The predicted octanol–water partition coefficient (Wildman–Crippen LogP) is 10.0. The molecule has 1 aliphatic heterocycles. The van der Waals surface area contributed by atoms with Crippen LogP contribution >= 0.6 is 11.8 Å². The van der Waals surface area contributed by atoms with Gasteiger partial charge in [-0.1, -0.05) is 103 Å². The van der Waals surface area contributed by atoms with Gasteiger partial charge in [0.2, 0.25) is 0 Å². The van der Waals surface area contributed by atoms with Gasteiger partial charge in [-0.15, -0.1) is 0 Å². The minimum Gasteiger partial charge on any atom is -0.309 e. The van der Waals surface area contributed by atoms with E-state index in [-0.39, 0.29) is 0 Å². The van der Waals surface area contributed by atoms with E-state index in [0.717, 1.165) is 0 Å². The number of benzene rings is 6. The standard InChI is InChI=1S/C36H22N2S/c1-4-12-30-26(9-1)27-10-2-5-13-31(27)37(30)24-19-17-23(18-20-24)25-21-22-29-28-11-3-6-14-32(28)38-33-15-7-8-16-34(33)39-36(25)35(29)38/h1-22H. The maximum atomic E-state index is 2.46. The van der Waals surface area contributed by atoms with Gasteiger partial charge in [0, 0.05) is 37.0 Å². The number of nitrogens with zero attached hydrogens (tertiary/aromatic N) is 2. The molecule has 0 N–H and O–H groups in total. The Labute approximate surface area is 229 Å². The highest BCUT2D eigenvalue weighted by Gasteiger charge is 2.25. The number of para-hydroxylation sites is 4. The van der Waals surface area contributed by atoms with Crippen LogP contribution < -0.4 is 0 Å². The topological polar surface area (TPSA) is 9.86 Å².